The van der Waals surface area contributed by atoms with E-state index in [1.54, 1.807) is 28.2 Å². The summed E-state index contributed by atoms with van der Waals surface area (Å²) in [7, 11) is 0. The molecule has 0 fully saturated rings. The van der Waals surface area contributed by atoms with Crippen LogP contribution in [0, 0.1) is 6.92 Å². The number of halogens is 1. The fraction of sp³-hybridized carbons (Fsp3) is 0.115. The van der Waals surface area contributed by atoms with Gasteiger partial charge in [0.05, 0.1) is 22.0 Å². The van der Waals surface area contributed by atoms with E-state index in [0.29, 0.717) is 16.2 Å². The lowest BCUT2D eigenvalue weighted by atomic mass is 10.1. The molecule has 0 spiro atoms. The molecule has 2 aromatic carbocycles. The Balaban J connectivity index is 1.67. The van der Waals surface area contributed by atoms with Gasteiger partial charge >= 0.3 is 0 Å². The summed E-state index contributed by atoms with van der Waals surface area (Å²) in [6, 6.07) is 18.8. The SMILES string of the molecule is Cc1csc(-c2cnc(N)nc2N[C@@H](C)c2cc3cccc(Cl)c3c(=O)n2-c2ccccc2)c1. The molecule has 0 aliphatic heterocycles. The molecule has 0 aliphatic carbocycles. The maximum absolute atomic E-state index is 13.7. The summed E-state index contributed by atoms with van der Waals surface area (Å²) in [5.74, 6) is 0.789. The second kappa shape index (κ2) is 8.93. The standard InChI is InChI=1S/C26H22ClN5OS/c1-15-11-22(34-14-15)19-13-29-26(28)31-24(19)30-16(2)21-12-17-7-6-10-20(27)23(17)25(33)32(21)18-8-4-3-5-9-18/h3-14,16H,1-2H3,(H3,28,29,30,31)/t16-/m0/s1. The molecule has 0 radical (unpaired) electrons. The number of fused-ring (bicyclic) bond motifs is 1. The van der Waals surface area contributed by atoms with E-state index in [-0.39, 0.29) is 17.5 Å². The number of rotatable bonds is 5. The van der Waals surface area contributed by atoms with Crippen LogP contribution in [-0.4, -0.2) is 14.5 Å². The van der Waals surface area contributed by atoms with Gasteiger partial charge < -0.3 is 11.1 Å². The summed E-state index contributed by atoms with van der Waals surface area (Å²) in [4.78, 5) is 23.4. The van der Waals surface area contributed by atoms with E-state index < -0.39 is 0 Å². The van der Waals surface area contributed by atoms with E-state index in [2.05, 4.69) is 26.7 Å². The van der Waals surface area contributed by atoms with Crippen molar-refractivity contribution < 1.29 is 0 Å². The number of para-hydroxylation sites is 1. The zero-order valence-corrected chi connectivity index (χ0v) is 20.2. The van der Waals surface area contributed by atoms with E-state index in [1.165, 1.54) is 5.56 Å². The van der Waals surface area contributed by atoms with Crippen LogP contribution in [0.1, 0.15) is 24.2 Å². The van der Waals surface area contributed by atoms with Crippen LogP contribution in [0.15, 0.2) is 77.0 Å². The van der Waals surface area contributed by atoms with Gasteiger partial charge in [-0.25, -0.2) is 4.98 Å². The van der Waals surface area contributed by atoms with Crippen molar-refractivity contribution in [2.24, 2.45) is 0 Å². The highest BCUT2D eigenvalue weighted by molar-refractivity contribution is 7.13. The van der Waals surface area contributed by atoms with Gasteiger partial charge in [-0.2, -0.15) is 4.98 Å². The van der Waals surface area contributed by atoms with Crippen LogP contribution in [0.4, 0.5) is 11.8 Å². The first-order valence-electron chi connectivity index (χ1n) is 10.8. The number of benzene rings is 2. The van der Waals surface area contributed by atoms with Crippen molar-refractivity contribution in [1.29, 1.82) is 0 Å². The minimum absolute atomic E-state index is 0.172. The molecule has 6 nitrogen and oxygen atoms in total. The summed E-state index contributed by atoms with van der Waals surface area (Å²) in [5, 5.41) is 7.26. The molecule has 5 rings (SSSR count). The van der Waals surface area contributed by atoms with Crippen molar-refractivity contribution in [3.8, 4) is 16.1 Å². The summed E-state index contributed by atoms with van der Waals surface area (Å²) >= 11 is 8.05. The maximum atomic E-state index is 13.7. The van der Waals surface area contributed by atoms with Gasteiger partial charge in [0.2, 0.25) is 5.95 Å². The van der Waals surface area contributed by atoms with Gasteiger partial charge in [-0.1, -0.05) is 41.9 Å². The second-order valence-electron chi connectivity index (χ2n) is 8.09. The van der Waals surface area contributed by atoms with E-state index in [1.807, 2.05) is 62.4 Å². The molecule has 0 amide bonds. The average molecular weight is 488 g/mol. The molecule has 3 aromatic heterocycles. The zero-order chi connectivity index (χ0) is 23.8. The quantitative estimate of drug-likeness (QED) is 0.307. The van der Waals surface area contributed by atoms with E-state index in [9.17, 15) is 4.79 Å². The number of hydrogen-bond donors (Lipinski definition) is 2. The number of nitrogens with two attached hydrogens (primary N) is 1. The number of nitrogens with one attached hydrogen (secondary N) is 1. The van der Waals surface area contributed by atoms with Crippen molar-refractivity contribution in [3.63, 3.8) is 0 Å². The fourth-order valence-electron chi connectivity index (χ4n) is 4.04. The van der Waals surface area contributed by atoms with Crippen molar-refractivity contribution >= 4 is 45.5 Å². The molecule has 0 bridgehead atoms. The number of hydrogen-bond acceptors (Lipinski definition) is 6. The summed E-state index contributed by atoms with van der Waals surface area (Å²) in [6.45, 7) is 4.04. The van der Waals surface area contributed by atoms with E-state index >= 15 is 0 Å². The Morgan fingerprint density at radius 1 is 1.12 bits per heavy atom. The molecule has 1 atom stereocenters. The smallest absolute Gasteiger partial charge is 0.264 e. The summed E-state index contributed by atoms with van der Waals surface area (Å²) in [6.07, 6.45) is 1.73. The van der Waals surface area contributed by atoms with E-state index in [0.717, 1.165) is 27.2 Å². The van der Waals surface area contributed by atoms with Gasteiger partial charge in [-0.3, -0.25) is 9.36 Å². The van der Waals surface area contributed by atoms with Crippen molar-refractivity contribution in [2.75, 3.05) is 11.1 Å². The van der Waals surface area contributed by atoms with Crippen LogP contribution < -0.4 is 16.6 Å². The molecular formula is C26H22ClN5OS. The lowest BCUT2D eigenvalue weighted by Gasteiger charge is -2.22. The number of nitrogen functional groups attached to an aromatic ring is 1. The molecule has 170 valence electrons. The topological polar surface area (TPSA) is 85.8 Å². The van der Waals surface area contributed by atoms with Gasteiger partial charge in [0.15, 0.2) is 0 Å². The van der Waals surface area contributed by atoms with Gasteiger partial charge in [0, 0.05) is 22.5 Å². The molecule has 0 saturated heterocycles. The third-order valence-electron chi connectivity index (χ3n) is 5.64. The van der Waals surface area contributed by atoms with Crippen LogP contribution in [0.25, 0.3) is 26.9 Å². The Labute approximate surface area is 205 Å². The molecule has 0 saturated carbocycles. The predicted molar refractivity (Wildman–Crippen MR) is 141 cm³/mol. The number of aryl methyl sites for hydroxylation is 1. The molecule has 0 unspecified atom stereocenters. The monoisotopic (exact) mass is 487 g/mol. The van der Waals surface area contributed by atoms with Crippen molar-refractivity contribution in [1.82, 2.24) is 14.5 Å². The number of aromatic nitrogens is 3. The van der Waals surface area contributed by atoms with Crippen LogP contribution in [-0.2, 0) is 0 Å². The van der Waals surface area contributed by atoms with E-state index in [4.69, 9.17) is 17.3 Å². The third-order valence-corrected chi connectivity index (χ3v) is 7.04. The molecule has 3 N–H and O–H groups in total. The maximum Gasteiger partial charge on any atom is 0.264 e. The highest BCUT2D eigenvalue weighted by atomic mass is 35.5. The molecule has 8 heteroatoms. The van der Waals surface area contributed by atoms with Gasteiger partial charge in [-0.05, 0) is 60.5 Å². The number of pyridine rings is 1. The summed E-state index contributed by atoms with van der Waals surface area (Å²) < 4.78 is 1.70. The third kappa shape index (κ3) is 4.04. The number of thiophene rings is 1. The normalized spacial score (nSPS) is 12.1. The largest absolute Gasteiger partial charge is 0.368 e. The Morgan fingerprint density at radius 3 is 2.65 bits per heavy atom. The number of nitrogens with zero attached hydrogens (tertiary/aromatic N) is 3. The highest BCUT2D eigenvalue weighted by Crippen LogP contribution is 2.34. The van der Waals surface area contributed by atoms with Crippen LogP contribution >= 0.6 is 22.9 Å². The van der Waals surface area contributed by atoms with Crippen molar-refractivity contribution in [2.45, 2.75) is 19.9 Å². The van der Waals surface area contributed by atoms with Gasteiger partial charge in [0.25, 0.3) is 5.56 Å². The molecule has 34 heavy (non-hydrogen) atoms. The Bertz CT molecular complexity index is 1560. The Morgan fingerprint density at radius 2 is 1.91 bits per heavy atom. The molecular weight excluding hydrogens is 466 g/mol. The van der Waals surface area contributed by atoms with Crippen molar-refractivity contribution in [3.05, 3.63) is 98.9 Å². The first-order valence-corrected chi connectivity index (χ1v) is 12.0. The Kier molecular flexibility index (Phi) is 5.81. The van der Waals surface area contributed by atoms with Crippen LogP contribution in [0.5, 0.6) is 0 Å². The first-order chi connectivity index (χ1) is 16.4. The fourth-order valence-corrected chi connectivity index (χ4v) is 5.21. The minimum Gasteiger partial charge on any atom is -0.368 e. The zero-order valence-electron chi connectivity index (χ0n) is 18.6. The predicted octanol–water partition coefficient (Wildman–Crippen LogP) is 6.23. The molecule has 0 aliphatic rings. The molecule has 5 aromatic rings. The van der Waals surface area contributed by atoms with Gasteiger partial charge in [0.1, 0.15) is 5.82 Å². The average Bonchev–Trinajstić information content (AvgIpc) is 3.25. The lowest BCUT2D eigenvalue weighted by Crippen LogP contribution is -2.26. The van der Waals surface area contributed by atoms with Gasteiger partial charge in [-0.15, -0.1) is 11.3 Å². The second-order valence-corrected chi connectivity index (χ2v) is 9.41. The first kappa shape index (κ1) is 22.1. The number of anilines is 2. The minimum atomic E-state index is -0.287. The lowest BCUT2D eigenvalue weighted by molar-refractivity contribution is 0.773. The summed E-state index contributed by atoms with van der Waals surface area (Å²) in [5.41, 5.74) is 9.32. The van der Waals surface area contributed by atoms with Crippen LogP contribution in [0.2, 0.25) is 5.02 Å². The molecule has 3 heterocycles. The highest BCUT2D eigenvalue weighted by Gasteiger charge is 2.20. The van der Waals surface area contributed by atoms with Crippen LogP contribution in [0.3, 0.4) is 0 Å². The Hall–Kier alpha value is -3.68.